The van der Waals surface area contributed by atoms with Gasteiger partial charge in [0, 0.05) is 55.2 Å². The first-order chi connectivity index (χ1) is 16.5. The van der Waals surface area contributed by atoms with E-state index in [2.05, 4.69) is 35.9 Å². The number of benzene rings is 2. The molecule has 2 aromatic carbocycles. The number of hydrogen-bond donors (Lipinski definition) is 2. The lowest BCUT2D eigenvalue weighted by molar-refractivity contribution is 0.102. The molecule has 0 bridgehead atoms. The third-order valence-electron chi connectivity index (χ3n) is 4.82. The maximum Gasteiger partial charge on any atom is 0.255 e. The van der Waals surface area contributed by atoms with E-state index in [0.29, 0.717) is 22.9 Å². The largest absolute Gasteiger partial charge is 0.324 e. The van der Waals surface area contributed by atoms with Crippen LogP contribution in [0.3, 0.4) is 0 Å². The third-order valence-corrected chi connectivity index (χ3v) is 4.82. The lowest BCUT2D eigenvalue weighted by Gasteiger charge is -2.12. The second kappa shape index (κ2) is 10.3. The minimum absolute atomic E-state index is 0.222. The molecule has 34 heavy (non-hydrogen) atoms. The van der Waals surface area contributed by atoms with E-state index >= 15 is 0 Å². The van der Waals surface area contributed by atoms with Gasteiger partial charge in [-0.3, -0.25) is 14.8 Å². The summed E-state index contributed by atoms with van der Waals surface area (Å²) in [5.74, 6) is 0.233. The molecule has 0 saturated carbocycles. The van der Waals surface area contributed by atoms with Crippen molar-refractivity contribution in [1.29, 1.82) is 0 Å². The Bertz CT molecular complexity index is 1300. The molecule has 9 nitrogen and oxygen atoms in total. The number of amides is 1. The molecule has 0 aliphatic carbocycles. The minimum Gasteiger partial charge on any atom is -0.324 e. The normalized spacial score (nSPS) is 10.8. The Hall–Kier alpha value is -4.66. The molecule has 4 aromatic rings. The number of aromatic nitrogens is 3. The summed E-state index contributed by atoms with van der Waals surface area (Å²) in [6.07, 6.45) is 5.17. The van der Waals surface area contributed by atoms with Crippen LogP contribution in [-0.4, -0.2) is 40.0 Å². The Balaban J connectivity index is 1.48. The molecule has 9 heteroatoms. The van der Waals surface area contributed by atoms with Crippen LogP contribution in [0.4, 0.5) is 23.0 Å². The first kappa shape index (κ1) is 22.5. The predicted molar refractivity (Wildman–Crippen MR) is 132 cm³/mol. The monoisotopic (exact) mass is 452 g/mol. The van der Waals surface area contributed by atoms with E-state index in [-0.39, 0.29) is 5.91 Å². The van der Waals surface area contributed by atoms with Crippen LogP contribution in [0.2, 0.25) is 0 Å². The molecule has 2 aromatic heterocycles. The van der Waals surface area contributed by atoms with Crippen molar-refractivity contribution < 1.29 is 4.79 Å². The van der Waals surface area contributed by atoms with Gasteiger partial charge in [0.05, 0.1) is 11.4 Å². The van der Waals surface area contributed by atoms with Crippen molar-refractivity contribution in [3.05, 3.63) is 90.4 Å². The van der Waals surface area contributed by atoms with Crippen LogP contribution in [0.15, 0.2) is 89.6 Å². The SMILES string of the molecule is Cc1ccc(NC(=O)c2ccc(N=NN(C)C)cc2)cc1Nc1nccc(-c2cccnc2)n1. The van der Waals surface area contributed by atoms with E-state index in [1.165, 1.54) is 0 Å². The Morgan fingerprint density at radius 3 is 2.56 bits per heavy atom. The first-order valence-corrected chi connectivity index (χ1v) is 10.6. The van der Waals surface area contributed by atoms with Crippen LogP contribution in [0.25, 0.3) is 11.3 Å². The van der Waals surface area contributed by atoms with E-state index < -0.39 is 0 Å². The molecular weight excluding hydrogens is 428 g/mol. The number of carbonyl (C=O) groups excluding carboxylic acids is 1. The summed E-state index contributed by atoms with van der Waals surface area (Å²) in [7, 11) is 3.58. The van der Waals surface area contributed by atoms with Crippen LogP contribution in [0.5, 0.6) is 0 Å². The van der Waals surface area contributed by atoms with Gasteiger partial charge in [-0.2, -0.15) is 0 Å². The highest BCUT2D eigenvalue weighted by molar-refractivity contribution is 6.04. The van der Waals surface area contributed by atoms with Gasteiger partial charge < -0.3 is 10.6 Å². The number of pyridine rings is 1. The molecule has 170 valence electrons. The third kappa shape index (κ3) is 5.77. The van der Waals surface area contributed by atoms with Crippen LogP contribution >= 0.6 is 0 Å². The molecule has 1 amide bonds. The zero-order chi connectivity index (χ0) is 23.9. The summed E-state index contributed by atoms with van der Waals surface area (Å²) < 4.78 is 0. The summed E-state index contributed by atoms with van der Waals surface area (Å²) in [4.78, 5) is 25.8. The van der Waals surface area contributed by atoms with E-state index in [0.717, 1.165) is 22.5 Å². The van der Waals surface area contributed by atoms with E-state index in [1.807, 2.05) is 43.3 Å². The number of nitrogens with one attached hydrogen (secondary N) is 2. The molecule has 0 aliphatic heterocycles. The molecule has 2 heterocycles. The van der Waals surface area contributed by atoms with Crippen molar-refractivity contribution >= 4 is 28.9 Å². The molecule has 0 fully saturated rings. The molecule has 2 N–H and O–H groups in total. The highest BCUT2D eigenvalue weighted by Gasteiger charge is 2.09. The van der Waals surface area contributed by atoms with Gasteiger partial charge in [0.2, 0.25) is 5.95 Å². The molecule has 4 rings (SSSR count). The van der Waals surface area contributed by atoms with Gasteiger partial charge in [0.25, 0.3) is 5.91 Å². The highest BCUT2D eigenvalue weighted by Crippen LogP contribution is 2.25. The number of hydrogen-bond acceptors (Lipinski definition) is 7. The Morgan fingerprint density at radius 2 is 1.82 bits per heavy atom. The summed E-state index contributed by atoms with van der Waals surface area (Å²) in [5, 5.41) is 15.8. The van der Waals surface area contributed by atoms with Crippen molar-refractivity contribution in [1.82, 2.24) is 20.0 Å². The molecule has 0 atom stereocenters. The Kier molecular flexibility index (Phi) is 6.83. The number of rotatable bonds is 7. The number of anilines is 3. The molecule has 0 spiro atoms. The number of carbonyl (C=O) groups is 1. The van der Waals surface area contributed by atoms with Crippen molar-refractivity contribution in [2.45, 2.75) is 6.92 Å². The van der Waals surface area contributed by atoms with Gasteiger partial charge in [0.15, 0.2) is 0 Å². The van der Waals surface area contributed by atoms with E-state index in [1.54, 1.807) is 62.0 Å². The second-order valence-corrected chi connectivity index (χ2v) is 7.70. The van der Waals surface area contributed by atoms with Crippen molar-refractivity contribution in [2.24, 2.45) is 10.3 Å². The molecule has 0 radical (unpaired) electrons. The summed E-state index contributed by atoms with van der Waals surface area (Å²) in [6, 6.07) is 18.2. The highest BCUT2D eigenvalue weighted by atomic mass is 16.1. The van der Waals surface area contributed by atoms with E-state index in [9.17, 15) is 4.79 Å². The topological polar surface area (TPSA) is 108 Å². The van der Waals surface area contributed by atoms with Crippen molar-refractivity contribution in [3.63, 3.8) is 0 Å². The first-order valence-electron chi connectivity index (χ1n) is 10.6. The van der Waals surface area contributed by atoms with Crippen molar-refractivity contribution in [2.75, 3.05) is 24.7 Å². The summed E-state index contributed by atoms with van der Waals surface area (Å²) in [5.41, 5.74) is 5.29. The van der Waals surface area contributed by atoms with Gasteiger partial charge in [0.1, 0.15) is 0 Å². The van der Waals surface area contributed by atoms with Crippen LogP contribution < -0.4 is 10.6 Å². The minimum atomic E-state index is -0.222. The van der Waals surface area contributed by atoms with E-state index in [4.69, 9.17) is 0 Å². The zero-order valence-electron chi connectivity index (χ0n) is 19.1. The van der Waals surface area contributed by atoms with Crippen LogP contribution in [-0.2, 0) is 0 Å². The fourth-order valence-electron chi connectivity index (χ4n) is 3.07. The maximum atomic E-state index is 12.7. The smallest absolute Gasteiger partial charge is 0.255 e. The predicted octanol–water partition coefficient (Wildman–Crippen LogP) is 5.40. The maximum absolute atomic E-state index is 12.7. The second-order valence-electron chi connectivity index (χ2n) is 7.70. The quantitative estimate of drug-likeness (QED) is 0.287. The van der Waals surface area contributed by atoms with Crippen LogP contribution in [0.1, 0.15) is 15.9 Å². The fourth-order valence-corrected chi connectivity index (χ4v) is 3.07. The molecule has 0 aliphatic rings. The van der Waals surface area contributed by atoms with Gasteiger partial charge in [-0.25, -0.2) is 9.97 Å². The average molecular weight is 453 g/mol. The zero-order valence-corrected chi connectivity index (χ0v) is 19.1. The van der Waals surface area contributed by atoms with Gasteiger partial charge in [-0.1, -0.05) is 11.3 Å². The van der Waals surface area contributed by atoms with Crippen molar-refractivity contribution in [3.8, 4) is 11.3 Å². The molecule has 0 unspecified atom stereocenters. The molecule has 0 saturated heterocycles. The van der Waals surface area contributed by atoms with Crippen LogP contribution in [0, 0.1) is 6.92 Å². The number of aryl methyl sites for hydroxylation is 1. The lowest BCUT2D eigenvalue weighted by Crippen LogP contribution is -2.12. The summed E-state index contributed by atoms with van der Waals surface area (Å²) in [6.45, 7) is 1.97. The molecular formula is C25H24N8O. The standard InChI is InChI=1S/C25H24N8O/c1-17-6-9-21(28-24(34)18-7-10-20(11-8-18)31-32-33(2)3)15-23(17)30-25-27-14-12-22(29-25)19-5-4-13-26-16-19/h4-16H,1-3H3,(H,28,34)(H,27,29,30). The fraction of sp³-hybridized carbons (Fsp3) is 0.120. The Labute approximate surface area is 197 Å². The van der Waals surface area contributed by atoms with Gasteiger partial charge in [-0.15, -0.1) is 5.11 Å². The van der Waals surface area contributed by atoms with Gasteiger partial charge >= 0.3 is 0 Å². The average Bonchev–Trinajstić information content (AvgIpc) is 2.86. The van der Waals surface area contributed by atoms with Gasteiger partial charge in [-0.05, 0) is 67.1 Å². The summed E-state index contributed by atoms with van der Waals surface area (Å²) >= 11 is 0. The number of nitrogens with zero attached hydrogens (tertiary/aromatic N) is 6. The lowest BCUT2D eigenvalue weighted by atomic mass is 10.1. The Morgan fingerprint density at radius 1 is 1.00 bits per heavy atom.